The van der Waals surface area contributed by atoms with Crippen molar-refractivity contribution in [3.63, 3.8) is 0 Å². The Labute approximate surface area is 196 Å². The van der Waals surface area contributed by atoms with Crippen molar-refractivity contribution in [2.45, 2.75) is 57.0 Å². The first kappa shape index (κ1) is 25.1. The Morgan fingerprint density at radius 2 is 1.59 bits per heavy atom. The second kappa shape index (κ2) is 11.6. The number of hydrogen-bond acceptors (Lipinski definition) is 4. The number of benzene rings is 2. The molecule has 34 heavy (non-hydrogen) atoms. The van der Waals surface area contributed by atoms with Crippen LogP contribution in [0.25, 0.3) is 11.1 Å². The molecule has 0 saturated heterocycles. The molecule has 2 atom stereocenters. The van der Waals surface area contributed by atoms with Crippen LogP contribution in [-0.2, 0) is 14.3 Å². The van der Waals surface area contributed by atoms with Gasteiger partial charge in [-0.3, -0.25) is 4.79 Å². The fraction of sp³-hybridized carbons (Fsp3) is 0.400. The number of alkyl halides is 2. The van der Waals surface area contributed by atoms with Gasteiger partial charge in [0.2, 0.25) is 5.91 Å². The molecule has 1 aliphatic rings. The molecule has 0 heterocycles. The minimum atomic E-state index is -3.04. The number of nitrogens with one attached hydrogen (secondary N) is 2. The van der Waals surface area contributed by atoms with Crippen LogP contribution in [0.4, 0.5) is 13.6 Å². The first-order chi connectivity index (χ1) is 16.3. The van der Waals surface area contributed by atoms with Crippen molar-refractivity contribution in [2.75, 3.05) is 6.61 Å². The lowest BCUT2D eigenvalue weighted by atomic mass is 9.98. The Hall–Kier alpha value is -3.49. The summed E-state index contributed by atoms with van der Waals surface area (Å²) in [5, 5.41) is 13.5. The first-order valence-electron chi connectivity index (χ1n) is 11.2. The van der Waals surface area contributed by atoms with E-state index >= 15 is 0 Å². The number of ether oxygens (including phenoxy) is 1. The van der Waals surface area contributed by atoms with Crippen molar-refractivity contribution in [1.82, 2.24) is 10.6 Å². The number of hydrogen-bond donors (Lipinski definition) is 3. The highest BCUT2D eigenvalue weighted by molar-refractivity contribution is 5.84. The molecule has 182 valence electrons. The zero-order valence-corrected chi connectivity index (χ0v) is 18.8. The number of amides is 2. The number of carbonyl (C=O) groups excluding carboxylic acids is 2. The first-order valence-corrected chi connectivity index (χ1v) is 11.2. The van der Waals surface area contributed by atoms with E-state index < -0.39 is 42.9 Å². The second-order valence-electron chi connectivity index (χ2n) is 8.22. The summed E-state index contributed by atoms with van der Waals surface area (Å²) in [5.74, 6) is -2.35. The van der Waals surface area contributed by atoms with Crippen LogP contribution in [0.2, 0.25) is 0 Å². The van der Waals surface area contributed by atoms with E-state index in [4.69, 9.17) is 4.74 Å². The topological polar surface area (TPSA) is 105 Å². The van der Waals surface area contributed by atoms with Gasteiger partial charge in [-0.2, -0.15) is 0 Å². The van der Waals surface area contributed by atoms with Gasteiger partial charge in [0.05, 0.1) is 6.42 Å². The van der Waals surface area contributed by atoms with Gasteiger partial charge in [0.25, 0.3) is 6.43 Å². The molecule has 0 aliphatic heterocycles. The lowest BCUT2D eigenvalue weighted by Gasteiger charge is -2.20. The number of aliphatic carboxylic acids is 1. The van der Waals surface area contributed by atoms with Gasteiger partial charge in [-0.05, 0) is 28.7 Å². The average molecular weight is 475 g/mol. The molecule has 0 spiro atoms. The zero-order chi connectivity index (χ0) is 24.7. The number of fused-ring (bicyclic) bond motifs is 3. The van der Waals surface area contributed by atoms with E-state index in [1.54, 1.807) is 0 Å². The number of carbonyl (C=O) groups is 3. The minimum Gasteiger partial charge on any atom is -0.480 e. The second-order valence-corrected chi connectivity index (χ2v) is 8.22. The maximum atomic E-state index is 13.5. The molecule has 2 aromatic rings. The van der Waals surface area contributed by atoms with Crippen molar-refractivity contribution >= 4 is 18.0 Å². The van der Waals surface area contributed by atoms with Gasteiger partial charge in [0.15, 0.2) is 0 Å². The summed E-state index contributed by atoms with van der Waals surface area (Å²) in [4.78, 5) is 35.7. The molecule has 0 radical (unpaired) electrons. The third-order valence-electron chi connectivity index (χ3n) is 5.84. The van der Waals surface area contributed by atoms with Gasteiger partial charge >= 0.3 is 12.1 Å². The number of unbranched alkanes of at least 4 members (excludes halogenated alkanes) is 1. The van der Waals surface area contributed by atoms with Crippen LogP contribution in [0.5, 0.6) is 0 Å². The fourth-order valence-corrected chi connectivity index (χ4v) is 4.11. The normalized spacial score (nSPS) is 14.1. The van der Waals surface area contributed by atoms with Gasteiger partial charge < -0.3 is 20.5 Å². The fourth-order valence-electron chi connectivity index (χ4n) is 4.11. The summed E-state index contributed by atoms with van der Waals surface area (Å²) < 4.78 is 32.2. The average Bonchev–Trinajstić information content (AvgIpc) is 3.13. The van der Waals surface area contributed by atoms with E-state index in [1.807, 2.05) is 60.8 Å². The van der Waals surface area contributed by atoms with E-state index in [2.05, 4.69) is 5.32 Å². The molecule has 9 heteroatoms. The maximum absolute atomic E-state index is 13.5. The highest BCUT2D eigenvalue weighted by Gasteiger charge is 2.31. The Kier molecular flexibility index (Phi) is 8.56. The highest BCUT2D eigenvalue weighted by atomic mass is 19.3. The van der Waals surface area contributed by atoms with Crippen LogP contribution < -0.4 is 10.6 Å². The molecule has 3 N–H and O–H groups in total. The Morgan fingerprint density at radius 1 is 1.00 bits per heavy atom. The number of carboxylic acids is 1. The van der Waals surface area contributed by atoms with Crippen molar-refractivity contribution in [3.8, 4) is 11.1 Å². The largest absolute Gasteiger partial charge is 0.480 e. The van der Waals surface area contributed by atoms with Gasteiger partial charge in [-0.15, -0.1) is 0 Å². The molecule has 0 fully saturated rings. The third kappa shape index (κ3) is 6.09. The predicted octanol–water partition coefficient (Wildman–Crippen LogP) is 4.31. The Balaban J connectivity index is 1.58. The molecule has 0 saturated carbocycles. The molecule has 7 nitrogen and oxygen atoms in total. The number of alkyl carbamates (subject to hydrolysis) is 1. The molecular weight excluding hydrogens is 446 g/mol. The molecule has 3 rings (SSSR count). The quantitative estimate of drug-likeness (QED) is 0.450. The Morgan fingerprint density at radius 3 is 2.12 bits per heavy atom. The zero-order valence-electron chi connectivity index (χ0n) is 18.8. The van der Waals surface area contributed by atoms with Gasteiger partial charge in [-0.25, -0.2) is 18.4 Å². The number of rotatable bonds is 11. The Bertz CT molecular complexity index is 984. The lowest BCUT2D eigenvalue weighted by molar-refractivity contribution is -0.142. The summed E-state index contributed by atoms with van der Waals surface area (Å²) >= 11 is 0. The van der Waals surface area contributed by atoms with E-state index in [0.29, 0.717) is 6.42 Å². The van der Waals surface area contributed by atoms with E-state index in [0.717, 1.165) is 28.7 Å². The highest BCUT2D eigenvalue weighted by Crippen LogP contribution is 2.44. The number of halogens is 2. The molecule has 0 bridgehead atoms. The standard InChI is InChI=1S/C25H28F2N2O5/c1-2-3-12-20(24(31)32)28-22(30)13-21(23(26)27)29-25(33)34-14-19-17-10-6-4-8-15(17)16-9-5-7-11-18(16)19/h4-11,19-21,23H,2-3,12-14H2,1H3,(H,28,30)(H,29,33)(H,31,32). The van der Waals surface area contributed by atoms with Crippen molar-refractivity contribution in [2.24, 2.45) is 0 Å². The van der Waals surface area contributed by atoms with Crippen molar-refractivity contribution in [3.05, 3.63) is 59.7 Å². The predicted molar refractivity (Wildman–Crippen MR) is 122 cm³/mol. The summed E-state index contributed by atoms with van der Waals surface area (Å²) in [7, 11) is 0. The van der Waals surface area contributed by atoms with Gasteiger partial charge in [0, 0.05) is 5.92 Å². The monoisotopic (exact) mass is 474 g/mol. The van der Waals surface area contributed by atoms with Crippen LogP contribution in [0.1, 0.15) is 49.7 Å². The van der Waals surface area contributed by atoms with Crippen LogP contribution in [-0.4, -0.2) is 48.2 Å². The smallest absolute Gasteiger partial charge is 0.407 e. The third-order valence-corrected chi connectivity index (χ3v) is 5.84. The SMILES string of the molecule is CCCCC(NC(=O)CC(NC(=O)OCC1c2ccccc2-c2ccccc21)C(F)F)C(=O)O. The molecular formula is C25H28F2N2O5. The minimum absolute atomic E-state index is 0.0554. The van der Waals surface area contributed by atoms with Crippen molar-refractivity contribution < 1.29 is 33.0 Å². The van der Waals surface area contributed by atoms with Crippen LogP contribution in [0, 0.1) is 0 Å². The van der Waals surface area contributed by atoms with Gasteiger partial charge in [-0.1, -0.05) is 68.3 Å². The molecule has 2 aromatic carbocycles. The van der Waals surface area contributed by atoms with E-state index in [1.165, 1.54) is 0 Å². The summed E-state index contributed by atoms with van der Waals surface area (Å²) in [5.41, 5.74) is 4.02. The van der Waals surface area contributed by atoms with E-state index in [9.17, 15) is 28.3 Å². The molecule has 0 aromatic heterocycles. The lowest BCUT2D eigenvalue weighted by Crippen LogP contribution is -2.47. The number of carboxylic acid groups (broad SMARTS) is 1. The van der Waals surface area contributed by atoms with Gasteiger partial charge in [0.1, 0.15) is 18.7 Å². The maximum Gasteiger partial charge on any atom is 0.407 e. The summed E-state index contributed by atoms with van der Waals surface area (Å²) in [6, 6.07) is 12.5. The van der Waals surface area contributed by atoms with Crippen molar-refractivity contribution in [1.29, 1.82) is 0 Å². The van der Waals surface area contributed by atoms with Crippen LogP contribution >= 0.6 is 0 Å². The summed E-state index contributed by atoms with van der Waals surface area (Å²) in [6.45, 7) is 1.81. The van der Waals surface area contributed by atoms with Crippen LogP contribution in [0.15, 0.2) is 48.5 Å². The summed E-state index contributed by atoms with van der Waals surface area (Å²) in [6.07, 6.45) is -3.39. The van der Waals surface area contributed by atoms with E-state index in [-0.39, 0.29) is 18.9 Å². The van der Waals surface area contributed by atoms with Crippen LogP contribution in [0.3, 0.4) is 0 Å². The molecule has 2 unspecified atom stereocenters. The molecule has 1 aliphatic carbocycles. The molecule has 2 amide bonds.